The van der Waals surface area contributed by atoms with E-state index in [1.807, 2.05) is 37.3 Å². The van der Waals surface area contributed by atoms with Crippen molar-refractivity contribution in [3.8, 4) is 0 Å². The predicted molar refractivity (Wildman–Crippen MR) is 119 cm³/mol. The molecule has 7 nitrogen and oxygen atoms in total. The van der Waals surface area contributed by atoms with Gasteiger partial charge in [-0.25, -0.2) is 0 Å². The summed E-state index contributed by atoms with van der Waals surface area (Å²) >= 11 is 1.46. The molecule has 2 aliphatic heterocycles. The van der Waals surface area contributed by atoms with E-state index in [9.17, 15) is 4.79 Å². The van der Waals surface area contributed by atoms with Gasteiger partial charge in [-0.1, -0.05) is 42.1 Å². The van der Waals surface area contributed by atoms with Crippen LogP contribution in [0.4, 0.5) is 5.95 Å². The number of nitrogens with one attached hydrogen (secondary N) is 1. The molecule has 1 N–H and O–H groups in total. The number of aromatic nitrogens is 3. The van der Waals surface area contributed by atoms with Crippen molar-refractivity contribution < 1.29 is 9.53 Å². The normalized spacial score (nSPS) is 20.3. The zero-order valence-electron chi connectivity index (χ0n) is 17.6. The second-order valence-corrected chi connectivity index (χ2v) is 9.01. The number of hydrogen-bond acceptors (Lipinski definition) is 6. The van der Waals surface area contributed by atoms with Crippen molar-refractivity contribution in [2.75, 3.05) is 30.3 Å². The van der Waals surface area contributed by atoms with Crippen LogP contribution in [-0.4, -0.2) is 52.2 Å². The van der Waals surface area contributed by atoms with E-state index in [0.29, 0.717) is 5.75 Å². The van der Waals surface area contributed by atoms with Crippen LogP contribution in [0, 0.1) is 0 Å². The van der Waals surface area contributed by atoms with Crippen LogP contribution in [0.1, 0.15) is 50.6 Å². The lowest BCUT2D eigenvalue weighted by molar-refractivity contribution is -0.119. The molecular formula is C22H31N5O2S. The summed E-state index contributed by atoms with van der Waals surface area (Å²) in [7, 11) is 0. The first-order valence-corrected chi connectivity index (χ1v) is 12.0. The predicted octanol–water partition coefficient (Wildman–Crippen LogP) is 3.42. The van der Waals surface area contributed by atoms with Gasteiger partial charge in [-0.3, -0.25) is 9.36 Å². The highest BCUT2D eigenvalue weighted by atomic mass is 32.2. The molecule has 4 rings (SSSR count). The average Bonchev–Trinajstić information content (AvgIpc) is 3.44. The van der Waals surface area contributed by atoms with Crippen molar-refractivity contribution >= 4 is 23.6 Å². The summed E-state index contributed by atoms with van der Waals surface area (Å²) in [6.45, 7) is 5.62. The van der Waals surface area contributed by atoms with Crippen molar-refractivity contribution in [1.82, 2.24) is 20.1 Å². The molecule has 2 atom stereocenters. The molecule has 1 aromatic carbocycles. The van der Waals surface area contributed by atoms with Crippen LogP contribution in [0.5, 0.6) is 0 Å². The molecule has 1 aromatic heterocycles. The maximum absolute atomic E-state index is 12.5. The first kappa shape index (κ1) is 21.2. The number of nitrogens with zero attached hydrogens (tertiary/aromatic N) is 4. The van der Waals surface area contributed by atoms with Crippen molar-refractivity contribution in [1.29, 1.82) is 0 Å². The topological polar surface area (TPSA) is 72.3 Å². The quantitative estimate of drug-likeness (QED) is 0.649. The van der Waals surface area contributed by atoms with Gasteiger partial charge in [-0.05, 0) is 44.6 Å². The minimum Gasteiger partial charge on any atom is -0.376 e. The molecule has 2 fully saturated rings. The second-order valence-electron chi connectivity index (χ2n) is 8.06. The minimum atomic E-state index is -0.0204. The number of thioether (sulfide) groups is 1. The van der Waals surface area contributed by atoms with Gasteiger partial charge in [0.2, 0.25) is 11.9 Å². The molecule has 0 bridgehead atoms. The Balaban J connectivity index is 1.40. The smallest absolute Gasteiger partial charge is 0.230 e. The number of rotatable bonds is 8. The van der Waals surface area contributed by atoms with Gasteiger partial charge in [-0.15, -0.1) is 10.2 Å². The van der Waals surface area contributed by atoms with E-state index in [1.54, 1.807) is 0 Å². The van der Waals surface area contributed by atoms with Gasteiger partial charge in [0.1, 0.15) is 0 Å². The third-order valence-electron chi connectivity index (χ3n) is 5.76. The van der Waals surface area contributed by atoms with Crippen LogP contribution in [0.25, 0.3) is 0 Å². The number of benzene rings is 1. The van der Waals surface area contributed by atoms with Crippen molar-refractivity contribution in [2.45, 2.75) is 62.9 Å². The monoisotopic (exact) mass is 429 g/mol. The fourth-order valence-electron chi connectivity index (χ4n) is 4.11. The lowest BCUT2D eigenvalue weighted by Gasteiger charge is -2.28. The van der Waals surface area contributed by atoms with Crippen LogP contribution in [0.2, 0.25) is 0 Å². The van der Waals surface area contributed by atoms with Crippen LogP contribution in [-0.2, 0) is 16.1 Å². The Kier molecular flexibility index (Phi) is 7.28. The number of amides is 1. The summed E-state index contributed by atoms with van der Waals surface area (Å²) in [6, 6.07) is 10.00. The highest BCUT2D eigenvalue weighted by Crippen LogP contribution is 2.27. The summed E-state index contributed by atoms with van der Waals surface area (Å²) < 4.78 is 8.03. The van der Waals surface area contributed by atoms with E-state index >= 15 is 0 Å². The van der Waals surface area contributed by atoms with Gasteiger partial charge >= 0.3 is 0 Å². The number of ether oxygens (including phenoxy) is 1. The van der Waals surface area contributed by atoms with Gasteiger partial charge in [0.25, 0.3) is 0 Å². The Morgan fingerprint density at radius 2 is 2.00 bits per heavy atom. The maximum atomic E-state index is 12.5. The zero-order chi connectivity index (χ0) is 20.8. The summed E-state index contributed by atoms with van der Waals surface area (Å²) in [6.07, 6.45) is 6.03. The Hall–Kier alpha value is -2.06. The zero-order valence-corrected chi connectivity index (χ0v) is 18.4. The van der Waals surface area contributed by atoms with E-state index in [1.165, 1.54) is 31.0 Å². The molecule has 162 valence electrons. The Morgan fingerprint density at radius 1 is 1.20 bits per heavy atom. The first-order chi connectivity index (χ1) is 14.7. The number of hydrogen-bond donors (Lipinski definition) is 1. The summed E-state index contributed by atoms with van der Waals surface area (Å²) in [5.41, 5.74) is 1.10. The number of carbonyl (C=O) groups excluding carboxylic acids is 1. The SMILES string of the molecule is CC(NC(=O)CSc1nnc(N2CCCCC2)n1CC1CCCO1)c1ccccc1. The number of piperidine rings is 1. The van der Waals surface area contributed by atoms with Crippen LogP contribution >= 0.6 is 11.8 Å². The Morgan fingerprint density at radius 3 is 2.73 bits per heavy atom. The van der Waals surface area contributed by atoms with Crippen molar-refractivity contribution in [3.63, 3.8) is 0 Å². The van der Waals surface area contributed by atoms with E-state index < -0.39 is 0 Å². The van der Waals surface area contributed by atoms with Gasteiger partial charge in [0, 0.05) is 19.7 Å². The molecule has 2 unspecified atom stereocenters. The molecule has 0 radical (unpaired) electrons. The minimum absolute atomic E-state index is 0.00235. The fourth-order valence-corrected chi connectivity index (χ4v) is 4.86. The third kappa shape index (κ3) is 5.35. The summed E-state index contributed by atoms with van der Waals surface area (Å²) in [5, 5.41) is 12.8. The standard InChI is InChI=1S/C22H31N5O2S/c1-17(18-9-4-2-5-10-18)23-20(28)16-30-22-25-24-21(26-12-6-3-7-13-26)27(22)15-19-11-8-14-29-19/h2,4-5,9-10,17,19H,3,6-8,11-16H2,1H3,(H,23,28). The second kappa shape index (κ2) is 10.3. The molecule has 0 spiro atoms. The van der Waals surface area contributed by atoms with Crippen LogP contribution < -0.4 is 10.2 Å². The van der Waals surface area contributed by atoms with Crippen molar-refractivity contribution in [3.05, 3.63) is 35.9 Å². The van der Waals surface area contributed by atoms with E-state index in [-0.39, 0.29) is 18.1 Å². The average molecular weight is 430 g/mol. The van der Waals surface area contributed by atoms with Crippen LogP contribution in [0.3, 0.4) is 0 Å². The molecule has 3 heterocycles. The molecular weight excluding hydrogens is 398 g/mol. The Labute approximate surface area is 182 Å². The third-order valence-corrected chi connectivity index (χ3v) is 6.72. The van der Waals surface area contributed by atoms with Crippen molar-refractivity contribution in [2.24, 2.45) is 0 Å². The van der Waals surface area contributed by atoms with E-state index in [2.05, 4.69) is 25.0 Å². The van der Waals surface area contributed by atoms with Crippen LogP contribution in [0.15, 0.2) is 35.5 Å². The van der Waals surface area contributed by atoms with Gasteiger partial charge in [0.15, 0.2) is 5.16 Å². The highest BCUT2D eigenvalue weighted by Gasteiger charge is 2.25. The summed E-state index contributed by atoms with van der Waals surface area (Å²) in [4.78, 5) is 14.9. The largest absolute Gasteiger partial charge is 0.376 e. The number of carbonyl (C=O) groups is 1. The molecule has 30 heavy (non-hydrogen) atoms. The molecule has 2 aromatic rings. The molecule has 2 aliphatic rings. The highest BCUT2D eigenvalue weighted by molar-refractivity contribution is 7.99. The van der Waals surface area contributed by atoms with E-state index in [0.717, 1.165) is 55.8 Å². The fraction of sp³-hybridized carbons (Fsp3) is 0.591. The van der Waals surface area contributed by atoms with Gasteiger partial charge < -0.3 is 15.0 Å². The molecule has 0 aliphatic carbocycles. The number of anilines is 1. The molecule has 0 saturated carbocycles. The van der Waals surface area contributed by atoms with E-state index in [4.69, 9.17) is 4.74 Å². The lowest BCUT2D eigenvalue weighted by atomic mass is 10.1. The molecule has 1 amide bonds. The maximum Gasteiger partial charge on any atom is 0.230 e. The Bertz CT molecular complexity index is 816. The molecule has 8 heteroatoms. The first-order valence-electron chi connectivity index (χ1n) is 11.0. The van der Waals surface area contributed by atoms with Gasteiger partial charge in [-0.2, -0.15) is 0 Å². The molecule has 2 saturated heterocycles. The summed E-state index contributed by atoms with van der Waals surface area (Å²) in [5.74, 6) is 1.24. The lowest BCUT2D eigenvalue weighted by Crippen LogP contribution is -2.33. The van der Waals surface area contributed by atoms with Gasteiger partial charge in [0.05, 0.1) is 24.4 Å².